The van der Waals surface area contributed by atoms with E-state index in [2.05, 4.69) is 51.9 Å². The van der Waals surface area contributed by atoms with Crippen molar-refractivity contribution in [3.63, 3.8) is 0 Å². The Morgan fingerprint density at radius 1 is 1.19 bits per heavy atom. The topological polar surface area (TPSA) is 79.6 Å². The maximum absolute atomic E-state index is 6.45. The summed E-state index contributed by atoms with van der Waals surface area (Å²) in [4.78, 5) is 0. The van der Waals surface area contributed by atoms with Crippen molar-refractivity contribution >= 4 is 28.3 Å². The van der Waals surface area contributed by atoms with Gasteiger partial charge < -0.3 is 9.73 Å². The molecule has 0 aliphatic carbocycles. The van der Waals surface area contributed by atoms with Gasteiger partial charge in [-0.15, -0.1) is 10.2 Å². The molecule has 2 aromatic heterocycles. The van der Waals surface area contributed by atoms with Crippen LogP contribution in [-0.2, 0) is 13.0 Å². The average Bonchev–Trinajstić information content (AvgIpc) is 3.31. The molecular weight excluding hydrogens is 362 g/mol. The number of halogens is 1. The van der Waals surface area contributed by atoms with Crippen molar-refractivity contribution in [1.29, 1.82) is 0 Å². The quantitative estimate of drug-likeness (QED) is 0.483. The first-order valence-electron chi connectivity index (χ1n) is 8.93. The molecule has 6 nitrogen and oxygen atoms in total. The predicted molar refractivity (Wildman–Crippen MR) is 107 cm³/mol. The molecule has 2 N–H and O–H groups in total. The van der Waals surface area contributed by atoms with E-state index in [1.807, 2.05) is 24.3 Å². The van der Waals surface area contributed by atoms with Gasteiger partial charge in [0, 0.05) is 22.6 Å². The summed E-state index contributed by atoms with van der Waals surface area (Å²) in [5.41, 5.74) is 5.42. The normalized spacial score (nSPS) is 11.2. The highest BCUT2D eigenvalue weighted by atomic mass is 35.5. The van der Waals surface area contributed by atoms with Crippen molar-refractivity contribution in [2.45, 2.75) is 33.2 Å². The average molecular weight is 382 g/mol. The van der Waals surface area contributed by atoms with E-state index in [9.17, 15) is 0 Å². The molecule has 0 aliphatic heterocycles. The molecule has 0 amide bonds. The Bertz CT molecular complexity index is 1050. The van der Waals surface area contributed by atoms with E-state index < -0.39 is 0 Å². The number of hydrogen-bond donors (Lipinski definition) is 2. The van der Waals surface area contributed by atoms with Crippen LogP contribution in [0.2, 0.25) is 5.02 Å². The highest BCUT2D eigenvalue weighted by Crippen LogP contribution is 2.28. The lowest BCUT2D eigenvalue weighted by Crippen LogP contribution is -2.01. The summed E-state index contributed by atoms with van der Waals surface area (Å²) in [6.07, 6.45) is 2.09. The highest BCUT2D eigenvalue weighted by molar-refractivity contribution is 6.31. The van der Waals surface area contributed by atoms with Gasteiger partial charge in [-0.25, -0.2) is 0 Å². The van der Waals surface area contributed by atoms with Crippen LogP contribution in [-0.4, -0.2) is 20.6 Å². The summed E-state index contributed by atoms with van der Waals surface area (Å²) >= 11 is 6.45. The second-order valence-corrected chi connectivity index (χ2v) is 6.98. The van der Waals surface area contributed by atoms with Crippen LogP contribution in [0.25, 0.3) is 22.6 Å². The Balaban J connectivity index is 1.52. The van der Waals surface area contributed by atoms with E-state index in [4.69, 9.17) is 16.0 Å². The third-order valence-electron chi connectivity index (χ3n) is 4.56. The third-order valence-corrected chi connectivity index (χ3v) is 4.90. The molecule has 0 unspecified atom stereocenters. The zero-order chi connectivity index (χ0) is 18.8. The number of fused-ring (bicyclic) bond motifs is 1. The first kappa shape index (κ1) is 17.5. The van der Waals surface area contributed by atoms with Crippen molar-refractivity contribution in [3.05, 3.63) is 58.1 Å². The summed E-state index contributed by atoms with van der Waals surface area (Å²) in [7, 11) is 0. The first-order chi connectivity index (χ1) is 13.1. The summed E-state index contributed by atoms with van der Waals surface area (Å²) in [6.45, 7) is 4.97. The number of anilines is 1. The standard InChI is InChI=1S/C20H20ClN5O/c1-3-4-16-12(2)7-15(10-17(16)21)22-11-13-5-6-18-14(8-13)9-19(27-18)20-23-25-26-24-20/h5-10,22H,3-4,11H2,1-2H3,(H,23,24,25,26). The molecule has 0 bridgehead atoms. The van der Waals surface area contributed by atoms with Crippen molar-refractivity contribution < 1.29 is 4.42 Å². The van der Waals surface area contributed by atoms with E-state index >= 15 is 0 Å². The molecule has 0 atom stereocenters. The van der Waals surface area contributed by atoms with Crippen LogP contribution in [0.3, 0.4) is 0 Å². The van der Waals surface area contributed by atoms with Crippen LogP contribution in [0, 0.1) is 6.92 Å². The minimum Gasteiger partial charge on any atom is -0.453 e. The molecule has 138 valence electrons. The summed E-state index contributed by atoms with van der Waals surface area (Å²) in [5, 5.41) is 19.2. The number of aromatic amines is 1. The molecule has 0 saturated carbocycles. The van der Waals surface area contributed by atoms with Crippen LogP contribution in [0.5, 0.6) is 0 Å². The number of benzene rings is 2. The van der Waals surface area contributed by atoms with E-state index in [0.717, 1.165) is 40.1 Å². The SMILES string of the molecule is CCCc1c(C)cc(NCc2ccc3oc(-c4nn[nH]n4)cc3c2)cc1Cl. The molecule has 0 fully saturated rings. The van der Waals surface area contributed by atoms with Gasteiger partial charge in [-0.3, -0.25) is 0 Å². The van der Waals surface area contributed by atoms with Crippen molar-refractivity contribution in [2.75, 3.05) is 5.32 Å². The van der Waals surface area contributed by atoms with Crippen LogP contribution in [0.4, 0.5) is 5.69 Å². The van der Waals surface area contributed by atoms with Gasteiger partial charge in [0.1, 0.15) is 5.58 Å². The molecule has 7 heteroatoms. The first-order valence-corrected chi connectivity index (χ1v) is 9.31. The van der Waals surface area contributed by atoms with Gasteiger partial charge in [0.05, 0.1) is 0 Å². The number of furan rings is 1. The van der Waals surface area contributed by atoms with Gasteiger partial charge in [0.25, 0.3) is 0 Å². The number of H-pyrrole nitrogens is 1. The van der Waals surface area contributed by atoms with Gasteiger partial charge in [-0.1, -0.05) is 31.0 Å². The Kier molecular flexibility index (Phi) is 4.81. The van der Waals surface area contributed by atoms with Gasteiger partial charge in [0.15, 0.2) is 5.76 Å². The zero-order valence-corrected chi connectivity index (χ0v) is 16.0. The molecule has 0 aliphatic rings. The van der Waals surface area contributed by atoms with Crippen molar-refractivity contribution in [3.8, 4) is 11.6 Å². The fourth-order valence-corrected chi connectivity index (χ4v) is 3.59. The molecular formula is C20H20ClN5O. The van der Waals surface area contributed by atoms with Crippen LogP contribution >= 0.6 is 11.6 Å². The Morgan fingerprint density at radius 3 is 2.81 bits per heavy atom. The van der Waals surface area contributed by atoms with E-state index in [-0.39, 0.29) is 0 Å². The van der Waals surface area contributed by atoms with Gasteiger partial charge in [-0.2, -0.15) is 5.21 Å². The zero-order valence-electron chi connectivity index (χ0n) is 15.2. The summed E-state index contributed by atoms with van der Waals surface area (Å²) in [5.74, 6) is 1.04. The largest absolute Gasteiger partial charge is 0.453 e. The molecule has 4 aromatic rings. The number of nitrogens with zero attached hydrogens (tertiary/aromatic N) is 3. The lowest BCUT2D eigenvalue weighted by Gasteiger charge is -2.12. The lowest BCUT2D eigenvalue weighted by atomic mass is 10.0. The second kappa shape index (κ2) is 7.40. The molecule has 4 rings (SSSR count). The van der Waals surface area contributed by atoms with Crippen LogP contribution in [0.15, 0.2) is 40.8 Å². The van der Waals surface area contributed by atoms with E-state index in [1.165, 1.54) is 11.1 Å². The Labute approximate surface area is 161 Å². The molecule has 0 spiro atoms. The third kappa shape index (κ3) is 3.66. The van der Waals surface area contributed by atoms with Crippen molar-refractivity contribution in [2.24, 2.45) is 0 Å². The second-order valence-electron chi connectivity index (χ2n) is 6.58. The van der Waals surface area contributed by atoms with Crippen LogP contribution < -0.4 is 5.32 Å². The molecule has 27 heavy (non-hydrogen) atoms. The number of aromatic nitrogens is 4. The predicted octanol–water partition coefficient (Wildman–Crippen LogP) is 5.14. The maximum Gasteiger partial charge on any atom is 0.239 e. The number of tetrazole rings is 1. The molecule has 0 saturated heterocycles. The maximum atomic E-state index is 6.45. The fraction of sp³-hybridized carbons (Fsp3) is 0.250. The fourth-order valence-electron chi connectivity index (χ4n) is 3.23. The number of rotatable bonds is 6. The summed E-state index contributed by atoms with van der Waals surface area (Å²) in [6, 6.07) is 12.2. The van der Waals surface area contributed by atoms with Gasteiger partial charge >= 0.3 is 0 Å². The number of nitrogens with one attached hydrogen (secondary N) is 2. The molecule has 0 radical (unpaired) electrons. The monoisotopic (exact) mass is 381 g/mol. The highest BCUT2D eigenvalue weighted by Gasteiger charge is 2.11. The van der Waals surface area contributed by atoms with E-state index in [1.54, 1.807) is 0 Å². The van der Waals surface area contributed by atoms with Crippen LogP contribution in [0.1, 0.15) is 30.0 Å². The number of aryl methyl sites for hydroxylation is 1. The van der Waals surface area contributed by atoms with Gasteiger partial charge in [0.2, 0.25) is 5.82 Å². The lowest BCUT2D eigenvalue weighted by molar-refractivity contribution is 0.625. The van der Waals surface area contributed by atoms with E-state index in [0.29, 0.717) is 18.1 Å². The molecule has 2 aromatic carbocycles. The smallest absolute Gasteiger partial charge is 0.239 e. The van der Waals surface area contributed by atoms with Crippen molar-refractivity contribution in [1.82, 2.24) is 20.6 Å². The minimum atomic E-state index is 0.447. The Morgan fingerprint density at radius 2 is 2.07 bits per heavy atom. The minimum absolute atomic E-state index is 0.447. The number of hydrogen-bond acceptors (Lipinski definition) is 5. The van der Waals surface area contributed by atoms with Gasteiger partial charge in [-0.05, 0) is 65.6 Å². The summed E-state index contributed by atoms with van der Waals surface area (Å²) < 4.78 is 5.77. The Hall–Kier alpha value is -2.86. The molecule has 2 heterocycles.